The van der Waals surface area contributed by atoms with Gasteiger partial charge in [0.25, 0.3) is 0 Å². The summed E-state index contributed by atoms with van der Waals surface area (Å²) in [5, 5.41) is 2.36. The molecule has 0 aliphatic carbocycles. The molecule has 2 heteroatoms. The van der Waals surface area contributed by atoms with Crippen LogP contribution in [0.25, 0.3) is 21.9 Å². The van der Waals surface area contributed by atoms with E-state index in [1.54, 1.807) is 0 Å². The van der Waals surface area contributed by atoms with E-state index in [0.29, 0.717) is 6.54 Å². The van der Waals surface area contributed by atoms with Crippen LogP contribution in [0, 0.1) is 0 Å². The number of fused-ring (bicyclic) bond motifs is 3. The molecule has 2 nitrogen and oxygen atoms in total. The molecule has 17 heavy (non-hydrogen) atoms. The minimum absolute atomic E-state index is 0.706. The second-order valence-corrected chi connectivity index (χ2v) is 3.99. The number of rotatable bonds is 2. The molecular weight excluding hydrogens is 210 g/mol. The van der Waals surface area contributed by atoms with E-state index < -0.39 is 0 Å². The van der Waals surface area contributed by atoms with Gasteiger partial charge in [-0.3, -0.25) is 4.99 Å². The smallest absolute Gasteiger partial charge is 0.135 e. The third-order valence-corrected chi connectivity index (χ3v) is 2.93. The molecule has 0 unspecified atom stereocenters. The van der Waals surface area contributed by atoms with E-state index in [2.05, 4.69) is 17.1 Å². The lowest BCUT2D eigenvalue weighted by molar-refractivity contribution is 0.668. The molecule has 3 aromatic rings. The van der Waals surface area contributed by atoms with Crippen molar-refractivity contribution in [1.82, 2.24) is 0 Å². The lowest BCUT2D eigenvalue weighted by atomic mass is 10.1. The average molecular weight is 223 g/mol. The van der Waals surface area contributed by atoms with Crippen LogP contribution in [-0.4, -0.2) is 6.21 Å². The molecule has 0 amide bonds. The monoisotopic (exact) mass is 223 g/mol. The minimum Gasteiger partial charge on any atom is -0.456 e. The highest BCUT2D eigenvalue weighted by atomic mass is 16.3. The fraction of sp³-hybridized carbons (Fsp3) is 0.133. The minimum atomic E-state index is 0.706. The van der Waals surface area contributed by atoms with Crippen LogP contribution in [0.2, 0.25) is 0 Å². The highest BCUT2D eigenvalue weighted by molar-refractivity contribution is 6.06. The Kier molecular flexibility index (Phi) is 2.41. The molecule has 0 spiro atoms. The Bertz CT molecular complexity index is 694. The number of para-hydroxylation sites is 1. The summed E-state index contributed by atoms with van der Waals surface area (Å²) in [5.74, 6) is 0. The lowest BCUT2D eigenvalue weighted by Crippen LogP contribution is -1.82. The first-order valence-electron chi connectivity index (χ1n) is 5.73. The summed E-state index contributed by atoms with van der Waals surface area (Å²) in [4.78, 5) is 4.31. The summed E-state index contributed by atoms with van der Waals surface area (Å²) >= 11 is 0. The topological polar surface area (TPSA) is 25.5 Å². The lowest BCUT2D eigenvalue weighted by Gasteiger charge is -1.98. The van der Waals surface area contributed by atoms with Crippen molar-refractivity contribution >= 4 is 28.2 Å². The Morgan fingerprint density at radius 1 is 1.06 bits per heavy atom. The molecule has 1 heterocycles. The third-order valence-electron chi connectivity index (χ3n) is 2.93. The summed E-state index contributed by atoms with van der Waals surface area (Å²) < 4.78 is 5.82. The van der Waals surface area contributed by atoms with Crippen LogP contribution in [-0.2, 0) is 6.54 Å². The molecule has 0 aliphatic rings. The molecule has 1 aromatic heterocycles. The van der Waals surface area contributed by atoms with E-state index >= 15 is 0 Å². The van der Waals surface area contributed by atoms with Crippen molar-refractivity contribution in [1.29, 1.82) is 0 Å². The van der Waals surface area contributed by atoms with Gasteiger partial charge in [-0.05, 0) is 30.8 Å². The Labute approximate surface area is 99.6 Å². The Morgan fingerprint density at radius 2 is 1.88 bits per heavy atom. The number of hydrogen-bond donors (Lipinski definition) is 0. The zero-order valence-corrected chi connectivity index (χ0v) is 9.68. The quantitative estimate of drug-likeness (QED) is 0.598. The summed E-state index contributed by atoms with van der Waals surface area (Å²) in [5.41, 5.74) is 3.09. The zero-order valence-electron chi connectivity index (χ0n) is 9.68. The fourth-order valence-corrected chi connectivity index (χ4v) is 2.17. The predicted molar refractivity (Wildman–Crippen MR) is 71.6 cm³/mol. The van der Waals surface area contributed by atoms with Gasteiger partial charge in [0.05, 0.1) is 6.54 Å². The van der Waals surface area contributed by atoms with Crippen LogP contribution >= 0.6 is 0 Å². The second-order valence-electron chi connectivity index (χ2n) is 3.99. The van der Waals surface area contributed by atoms with E-state index in [1.807, 2.05) is 43.5 Å². The van der Waals surface area contributed by atoms with Crippen molar-refractivity contribution in [3.8, 4) is 0 Å². The molecule has 2 aromatic carbocycles. The predicted octanol–water partition coefficient (Wildman–Crippen LogP) is 4.18. The summed E-state index contributed by atoms with van der Waals surface area (Å²) in [6.07, 6.45) is 1.83. The second kappa shape index (κ2) is 4.06. The molecule has 0 atom stereocenters. The van der Waals surface area contributed by atoms with Crippen molar-refractivity contribution in [2.75, 3.05) is 0 Å². The van der Waals surface area contributed by atoms with Gasteiger partial charge in [0.1, 0.15) is 11.2 Å². The number of nitrogens with zero attached hydrogens (tertiary/aromatic N) is 1. The van der Waals surface area contributed by atoms with Crippen molar-refractivity contribution in [3.05, 3.63) is 48.0 Å². The maximum absolute atomic E-state index is 5.82. The van der Waals surface area contributed by atoms with Gasteiger partial charge in [0, 0.05) is 10.8 Å². The third kappa shape index (κ3) is 1.62. The van der Waals surface area contributed by atoms with Gasteiger partial charge >= 0.3 is 0 Å². The SMILES string of the molecule is CC=NCc1cccc2oc3ccccc3c12. The number of benzene rings is 2. The molecule has 0 saturated heterocycles. The Balaban J connectivity index is 2.35. The number of hydrogen-bond acceptors (Lipinski definition) is 2. The Hall–Kier alpha value is -2.09. The van der Waals surface area contributed by atoms with Crippen LogP contribution in [0.3, 0.4) is 0 Å². The van der Waals surface area contributed by atoms with Gasteiger partial charge < -0.3 is 4.42 Å². The normalized spacial score (nSPS) is 11.8. The molecular formula is C15H13NO. The largest absolute Gasteiger partial charge is 0.456 e. The molecule has 0 radical (unpaired) electrons. The standard InChI is InChI=1S/C15H13NO/c1-2-16-10-11-6-5-9-14-15(11)12-7-3-4-8-13(12)17-14/h2-9H,10H2,1H3. The molecule has 84 valence electrons. The van der Waals surface area contributed by atoms with E-state index in [4.69, 9.17) is 4.42 Å². The van der Waals surface area contributed by atoms with Gasteiger partial charge in [-0.2, -0.15) is 0 Å². The molecule has 0 aliphatic heterocycles. The first-order chi connectivity index (χ1) is 8.40. The molecule has 0 fully saturated rings. The molecule has 0 bridgehead atoms. The van der Waals surface area contributed by atoms with E-state index in [9.17, 15) is 0 Å². The zero-order chi connectivity index (χ0) is 11.7. The van der Waals surface area contributed by atoms with Gasteiger partial charge in [0.15, 0.2) is 0 Å². The van der Waals surface area contributed by atoms with E-state index in [1.165, 1.54) is 16.3 Å². The van der Waals surface area contributed by atoms with Gasteiger partial charge in [-0.15, -0.1) is 0 Å². The Morgan fingerprint density at radius 3 is 2.76 bits per heavy atom. The molecule has 3 rings (SSSR count). The van der Waals surface area contributed by atoms with Crippen LogP contribution in [0.5, 0.6) is 0 Å². The van der Waals surface area contributed by atoms with Gasteiger partial charge in [-0.1, -0.05) is 30.3 Å². The van der Waals surface area contributed by atoms with Crippen molar-refractivity contribution in [3.63, 3.8) is 0 Å². The summed E-state index contributed by atoms with van der Waals surface area (Å²) in [6, 6.07) is 14.3. The first kappa shape index (κ1) is 10.1. The van der Waals surface area contributed by atoms with Crippen LogP contribution in [0.4, 0.5) is 0 Å². The maximum atomic E-state index is 5.82. The summed E-state index contributed by atoms with van der Waals surface area (Å²) in [6.45, 7) is 2.64. The van der Waals surface area contributed by atoms with Crippen molar-refractivity contribution < 1.29 is 4.42 Å². The highest BCUT2D eigenvalue weighted by Crippen LogP contribution is 2.31. The molecule has 0 saturated carbocycles. The van der Waals surface area contributed by atoms with Gasteiger partial charge in [-0.25, -0.2) is 0 Å². The maximum Gasteiger partial charge on any atom is 0.135 e. The molecule has 0 N–H and O–H groups in total. The van der Waals surface area contributed by atoms with Gasteiger partial charge in [0.2, 0.25) is 0 Å². The van der Waals surface area contributed by atoms with E-state index in [-0.39, 0.29) is 0 Å². The van der Waals surface area contributed by atoms with Crippen LogP contribution in [0.1, 0.15) is 12.5 Å². The summed E-state index contributed by atoms with van der Waals surface area (Å²) in [7, 11) is 0. The van der Waals surface area contributed by atoms with Crippen LogP contribution < -0.4 is 0 Å². The number of furan rings is 1. The number of aliphatic imine (C=N–C) groups is 1. The van der Waals surface area contributed by atoms with Crippen LogP contribution in [0.15, 0.2) is 51.9 Å². The fourth-order valence-electron chi connectivity index (χ4n) is 2.17. The first-order valence-corrected chi connectivity index (χ1v) is 5.73. The van der Waals surface area contributed by atoms with E-state index in [0.717, 1.165) is 11.2 Å². The highest BCUT2D eigenvalue weighted by Gasteiger charge is 2.09. The van der Waals surface area contributed by atoms with Crippen molar-refractivity contribution in [2.24, 2.45) is 4.99 Å². The average Bonchev–Trinajstić information content (AvgIpc) is 2.75. The van der Waals surface area contributed by atoms with Crippen molar-refractivity contribution in [2.45, 2.75) is 13.5 Å².